The average molecular weight is 275 g/mol. The Morgan fingerprint density at radius 3 is 2.67 bits per heavy atom. The lowest BCUT2D eigenvalue weighted by atomic mass is 10.4. The van der Waals surface area contributed by atoms with Crippen LogP contribution in [-0.2, 0) is 14.1 Å². The molecule has 0 bridgehead atoms. The van der Waals surface area contributed by atoms with Crippen molar-refractivity contribution in [2.75, 3.05) is 7.11 Å². The van der Waals surface area contributed by atoms with Crippen molar-refractivity contribution < 1.29 is 26.5 Å². The van der Waals surface area contributed by atoms with Crippen molar-refractivity contribution in [3.63, 3.8) is 0 Å². The third-order valence-electron chi connectivity index (χ3n) is 1.26. The van der Waals surface area contributed by atoms with Gasteiger partial charge in [-0.2, -0.15) is 8.42 Å². The minimum atomic E-state index is -4.40. The zero-order chi connectivity index (χ0) is 11.6. The van der Waals surface area contributed by atoms with Gasteiger partial charge in [0.25, 0.3) is 0 Å². The van der Waals surface area contributed by atoms with E-state index in [4.69, 9.17) is 10.7 Å². The molecule has 0 aliphatic rings. The molecule has 0 saturated carbocycles. The molecule has 1 rings (SSSR count). The fourth-order valence-electron chi connectivity index (χ4n) is 0.737. The van der Waals surface area contributed by atoms with Gasteiger partial charge < -0.3 is 8.92 Å². The van der Waals surface area contributed by atoms with Crippen LogP contribution in [0.15, 0.2) is 5.38 Å². The maximum absolute atomic E-state index is 13.0. The first-order valence-electron chi connectivity index (χ1n) is 3.34. The fourth-order valence-corrected chi connectivity index (χ4v) is 2.09. The SMILES string of the molecule is COC(=O)c1scc(F)c1OS(=O)(=O)Cl. The molecule has 1 aromatic heterocycles. The first-order valence-corrected chi connectivity index (χ1v) is 6.46. The molecule has 0 amide bonds. The summed E-state index contributed by atoms with van der Waals surface area (Å²) in [6, 6.07) is 0. The number of esters is 1. The molecule has 15 heavy (non-hydrogen) atoms. The van der Waals surface area contributed by atoms with Gasteiger partial charge in [-0.25, -0.2) is 9.18 Å². The Morgan fingerprint density at radius 1 is 1.60 bits per heavy atom. The van der Waals surface area contributed by atoms with Crippen LogP contribution >= 0.6 is 22.0 Å². The third kappa shape index (κ3) is 3.05. The molecule has 0 saturated heterocycles. The summed E-state index contributed by atoms with van der Waals surface area (Å²) < 4.78 is 42.5. The lowest BCUT2D eigenvalue weighted by Crippen LogP contribution is -2.06. The van der Waals surface area contributed by atoms with Gasteiger partial charge in [-0.3, -0.25) is 0 Å². The number of rotatable bonds is 3. The van der Waals surface area contributed by atoms with E-state index in [1.54, 1.807) is 0 Å². The number of carbonyl (C=O) groups excluding carboxylic acids is 1. The van der Waals surface area contributed by atoms with Gasteiger partial charge in [0, 0.05) is 5.38 Å². The highest BCUT2D eigenvalue weighted by Crippen LogP contribution is 2.31. The molecule has 0 unspecified atom stereocenters. The molecule has 84 valence electrons. The number of methoxy groups -OCH3 is 1. The number of carbonyl (C=O) groups is 1. The summed E-state index contributed by atoms with van der Waals surface area (Å²) in [6.07, 6.45) is 0. The van der Waals surface area contributed by atoms with E-state index in [2.05, 4.69) is 8.92 Å². The van der Waals surface area contributed by atoms with E-state index in [-0.39, 0.29) is 4.88 Å². The van der Waals surface area contributed by atoms with Crippen LogP contribution in [0, 0.1) is 5.82 Å². The van der Waals surface area contributed by atoms with E-state index in [1.165, 1.54) is 0 Å². The molecule has 1 aromatic rings. The predicted octanol–water partition coefficient (Wildman–Crippen LogP) is 1.54. The van der Waals surface area contributed by atoms with Gasteiger partial charge in [0.15, 0.2) is 10.7 Å². The molecule has 0 N–H and O–H groups in total. The molecule has 0 aliphatic heterocycles. The van der Waals surface area contributed by atoms with Crippen LogP contribution in [0.3, 0.4) is 0 Å². The van der Waals surface area contributed by atoms with Crippen LogP contribution in [0.25, 0.3) is 0 Å². The molecular formula is C6H4ClFO5S2. The average Bonchev–Trinajstić information content (AvgIpc) is 2.45. The molecule has 5 nitrogen and oxygen atoms in total. The first kappa shape index (κ1) is 12.2. The van der Waals surface area contributed by atoms with E-state index in [0.29, 0.717) is 11.3 Å². The summed E-state index contributed by atoms with van der Waals surface area (Å²) in [4.78, 5) is 10.7. The summed E-state index contributed by atoms with van der Waals surface area (Å²) in [5.41, 5.74) is 0. The van der Waals surface area contributed by atoms with Crippen LogP contribution < -0.4 is 4.18 Å². The van der Waals surface area contributed by atoms with Crippen LogP contribution in [0.4, 0.5) is 4.39 Å². The maximum atomic E-state index is 13.0. The van der Waals surface area contributed by atoms with E-state index >= 15 is 0 Å². The van der Waals surface area contributed by atoms with Gasteiger partial charge in [-0.05, 0) is 0 Å². The minimum absolute atomic E-state index is 0.306. The molecule has 0 atom stereocenters. The second kappa shape index (κ2) is 4.33. The Bertz CT molecular complexity index is 480. The van der Waals surface area contributed by atoms with E-state index in [9.17, 15) is 17.6 Å². The van der Waals surface area contributed by atoms with Gasteiger partial charge in [-0.15, -0.1) is 11.3 Å². The monoisotopic (exact) mass is 274 g/mol. The Hall–Kier alpha value is -0.860. The van der Waals surface area contributed by atoms with Gasteiger partial charge in [0.1, 0.15) is 0 Å². The van der Waals surface area contributed by atoms with Crippen LogP contribution in [-0.4, -0.2) is 21.5 Å². The normalized spacial score (nSPS) is 11.1. The zero-order valence-electron chi connectivity index (χ0n) is 7.19. The number of thiophene rings is 1. The number of hydrogen-bond acceptors (Lipinski definition) is 6. The first-order chi connectivity index (χ1) is 6.85. The van der Waals surface area contributed by atoms with Crippen molar-refractivity contribution >= 4 is 37.3 Å². The Labute approximate surface area is 93.0 Å². The van der Waals surface area contributed by atoms with Crippen molar-refractivity contribution in [2.24, 2.45) is 0 Å². The van der Waals surface area contributed by atoms with E-state index in [1.807, 2.05) is 0 Å². The van der Waals surface area contributed by atoms with Gasteiger partial charge >= 0.3 is 15.3 Å². The van der Waals surface area contributed by atoms with Crippen LogP contribution in [0.2, 0.25) is 0 Å². The smallest absolute Gasteiger partial charge is 0.401 e. The van der Waals surface area contributed by atoms with Crippen molar-refractivity contribution in [3.05, 3.63) is 16.1 Å². The second-order valence-electron chi connectivity index (χ2n) is 2.21. The fraction of sp³-hybridized carbons (Fsp3) is 0.167. The Kier molecular flexibility index (Phi) is 3.53. The van der Waals surface area contributed by atoms with E-state index in [0.717, 1.165) is 12.5 Å². The third-order valence-corrected chi connectivity index (χ3v) is 2.72. The zero-order valence-corrected chi connectivity index (χ0v) is 9.58. The van der Waals surface area contributed by atoms with Crippen LogP contribution in [0.5, 0.6) is 5.75 Å². The molecule has 0 aromatic carbocycles. The van der Waals surface area contributed by atoms with Crippen molar-refractivity contribution in [3.8, 4) is 5.75 Å². The molecule has 0 fully saturated rings. The van der Waals surface area contributed by atoms with Gasteiger partial charge in [0.2, 0.25) is 5.75 Å². The molecule has 1 heterocycles. The molecule has 0 spiro atoms. The van der Waals surface area contributed by atoms with Crippen molar-refractivity contribution in [2.45, 2.75) is 0 Å². The highest BCUT2D eigenvalue weighted by atomic mass is 35.7. The van der Waals surface area contributed by atoms with Crippen LogP contribution in [0.1, 0.15) is 9.67 Å². The standard InChI is InChI=1S/C6H4ClFO5S2/c1-12-6(9)5-4(3(8)2-14-5)13-15(7,10)11/h2H,1H3. The lowest BCUT2D eigenvalue weighted by molar-refractivity contribution is 0.0604. The highest BCUT2D eigenvalue weighted by molar-refractivity contribution is 8.10. The summed E-state index contributed by atoms with van der Waals surface area (Å²) in [6.45, 7) is 0. The largest absolute Gasteiger partial charge is 0.465 e. The lowest BCUT2D eigenvalue weighted by Gasteiger charge is -2.01. The minimum Gasteiger partial charge on any atom is -0.465 e. The number of hydrogen-bond donors (Lipinski definition) is 0. The van der Waals surface area contributed by atoms with Gasteiger partial charge in [-0.1, -0.05) is 0 Å². The Morgan fingerprint density at radius 2 is 2.20 bits per heavy atom. The topological polar surface area (TPSA) is 69.7 Å². The summed E-state index contributed by atoms with van der Waals surface area (Å²) in [5, 5.41) is 0.906. The van der Waals surface area contributed by atoms with Crippen molar-refractivity contribution in [1.82, 2.24) is 0 Å². The number of ether oxygens (including phenoxy) is 1. The second-order valence-corrected chi connectivity index (χ2v) is 5.18. The summed E-state index contributed by atoms with van der Waals surface area (Å²) in [5.74, 6) is -2.65. The predicted molar refractivity (Wildman–Crippen MR) is 51.0 cm³/mol. The quantitative estimate of drug-likeness (QED) is 0.618. The highest BCUT2D eigenvalue weighted by Gasteiger charge is 2.24. The summed E-state index contributed by atoms with van der Waals surface area (Å²) >= 11 is 0.652. The Balaban J connectivity index is 3.16. The number of halogens is 2. The molecule has 9 heteroatoms. The summed E-state index contributed by atoms with van der Waals surface area (Å²) in [7, 11) is 1.42. The van der Waals surface area contributed by atoms with Crippen molar-refractivity contribution in [1.29, 1.82) is 0 Å². The van der Waals surface area contributed by atoms with Gasteiger partial charge in [0.05, 0.1) is 17.8 Å². The maximum Gasteiger partial charge on any atom is 0.401 e. The molecule has 0 aliphatic carbocycles. The van der Waals surface area contributed by atoms with E-state index < -0.39 is 26.9 Å². The molecular weight excluding hydrogens is 271 g/mol. The molecule has 0 radical (unpaired) electrons.